The molecule has 5 nitrogen and oxygen atoms in total. The number of methoxy groups -OCH3 is 1. The Bertz CT molecular complexity index is 919. The SMILES string of the molecule is COCC(=O)N1C[C@H](C(=O)NCc2cccc(F)c2)C[C@@H](c2ccc(F)c(C)c2)C1. The van der Waals surface area contributed by atoms with Gasteiger partial charge in [-0.15, -0.1) is 0 Å². The van der Waals surface area contributed by atoms with E-state index in [1.54, 1.807) is 36.1 Å². The number of nitrogens with zero attached hydrogens (tertiary/aromatic N) is 1. The molecule has 0 unspecified atom stereocenters. The van der Waals surface area contributed by atoms with Gasteiger partial charge in [-0.1, -0.05) is 24.3 Å². The van der Waals surface area contributed by atoms with Crippen molar-refractivity contribution in [3.8, 4) is 0 Å². The Balaban J connectivity index is 1.75. The minimum absolute atomic E-state index is 0.0627. The molecule has 1 heterocycles. The van der Waals surface area contributed by atoms with Crippen molar-refractivity contribution in [1.82, 2.24) is 10.2 Å². The minimum atomic E-state index is -0.427. The number of nitrogens with one attached hydrogen (secondary N) is 1. The predicted octanol–water partition coefficient (Wildman–Crippen LogP) is 3.17. The fourth-order valence-electron chi connectivity index (χ4n) is 3.85. The molecule has 1 aliphatic rings. The first-order valence-corrected chi connectivity index (χ1v) is 9.92. The molecule has 1 N–H and O–H groups in total. The summed E-state index contributed by atoms with van der Waals surface area (Å²) in [4.78, 5) is 26.9. The molecule has 0 aromatic heterocycles. The van der Waals surface area contributed by atoms with Crippen LogP contribution in [0.3, 0.4) is 0 Å². The molecule has 3 rings (SSSR count). The summed E-state index contributed by atoms with van der Waals surface area (Å²) in [5.74, 6) is -1.55. The summed E-state index contributed by atoms with van der Waals surface area (Å²) in [5, 5.41) is 2.85. The monoisotopic (exact) mass is 416 g/mol. The number of likely N-dealkylation sites (tertiary alicyclic amines) is 1. The van der Waals surface area contributed by atoms with Crippen LogP contribution in [-0.2, 0) is 20.9 Å². The van der Waals surface area contributed by atoms with Crippen molar-refractivity contribution in [3.63, 3.8) is 0 Å². The number of aryl methyl sites for hydroxylation is 1. The van der Waals surface area contributed by atoms with E-state index in [9.17, 15) is 18.4 Å². The summed E-state index contributed by atoms with van der Waals surface area (Å²) >= 11 is 0. The Hall–Kier alpha value is -2.80. The molecule has 2 atom stereocenters. The van der Waals surface area contributed by atoms with Gasteiger partial charge in [-0.2, -0.15) is 0 Å². The largest absolute Gasteiger partial charge is 0.375 e. The highest BCUT2D eigenvalue weighted by Gasteiger charge is 2.34. The molecule has 2 amide bonds. The average molecular weight is 416 g/mol. The molecular formula is C23H26F2N2O3. The number of hydrogen-bond acceptors (Lipinski definition) is 3. The molecule has 0 bridgehead atoms. The summed E-state index contributed by atoms with van der Waals surface area (Å²) in [5.41, 5.74) is 2.09. The second kappa shape index (κ2) is 9.80. The van der Waals surface area contributed by atoms with Gasteiger partial charge in [0, 0.05) is 32.7 Å². The number of ether oxygens (including phenoxy) is 1. The molecule has 2 aromatic rings. The van der Waals surface area contributed by atoms with Gasteiger partial charge >= 0.3 is 0 Å². The van der Waals surface area contributed by atoms with Crippen molar-refractivity contribution in [1.29, 1.82) is 0 Å². The lowest BCUT2D eigenvalue weighted by atomic mass is 9.83. The van der Waals surface area contributed by atoms with Gasteiger partial charge in [0.1, 0.15) is 18.2 Å². The second-order valence-corrected chi connectivity index (χ2v) is 7.72. The Morgan fingerprint density at radius 1 is 1.17 bits per heavy atom. The van der Waals surface area contributed by atoms with Crippen LogP contribution in [0.15, 0.2) is 42.5 Å². The van der Waals surface area contributed by atoms with Crippen molar-refractivity contribution in [2.24, 2.45) is 5.92 Å². The Kier molecular flexibility index (Phi) is 7.15. The van der Waals surface area contributed by atoms with Crippen LogP contribution in [0.4, 0.5) is 8.78 Å². The highest BCUT2D eigenvalue weighted by molar-refractivity contribution is 5.82. The summed E-state index contributed by atoms with van der Waals surface area (Å²) < 4.78 is 32.0. The van der Waals surface area contributed by atoms with E-state index in [0.717, 1.165) is 5.56 Å². The van der Waals surface area contributed by atoms with Crippen LogP contribution in [-0.4, -0.2) is 43.5 Å². The molecule has 0 aliphatic carbocycles. The van der Waals surface area contributed by atoms with Crippen LogP contribution in [0.2, 0.25) is 0 Å². The zero-order chi connectivity index (χ0) is 21.7. The number of halogens is 2. The fourth-order valence-corrected chi connectivity index (χ4v) is 3.85. The highest BCUT2D eigenvalue weighted by atomic mass is 19.1. The van der Waals surface area contributed by atoms with E-state index in [2.05, 4.69) is 5.32 Å². The molecule has 0 radical (unpaired) electrons. The summed E-state index contributed by atoms with van der Waals surface area (Å²) in [6, 6.07) is 10.9. The first-order chi connectivity index (χ1) is 14.4. The van der Waals surface area contributed by atoms with Crippen molar-refractivity contribution >= 4 is 11.8 Å². The van der Waals surface area contributed by atoms with Gasteiger partial charge in [-0.05, 0) is 48.2 Å². The van der Waals surface area contributed by atoms with E-state index in [4.69, 9.17) is 4.74 Å². The number of amides is 2. The molecule has 1 fully saturated rings. The molecule has 7 heteroatoms. The van der Waals surface area contributed by atoms with E-state index in [1.807, 2.05) is 0 Å². The summed E-state index contributed by atoms with van der Waals surface area (Å²) in [6.45, 7) is 2.57. The maximum atomic E-state index is 13.7. The molecule has 1 aliphatic heterocycles. The van der Waals surface area contributed by atoms with Crippen LogP contribution in [0.5, 0.6) is 0 Å². The number of carbonyl (C=O) groups excluding carboxylic acids is 2. The Labute approximate surface area is 175 Å². The standard InChI is InChI=1S/C23H26F2N2O3/c1-15-8-17(6-7-21(15)25)18-10-19(13-27(12-18)22(28)14-30-2)23(29)26-11-16-4-3-5-20(24)9-16/h3-9,18-19H,10-14H2,1-2H3,(H,26,29)/t18-,19-/m1/s1. The molecule has 30 heavy (non-hydrogen) atoms. The number of benzene rings is 2. The zero-order valence-electron chi connectivity index (χ0n) is 17.2. The van der Waals surface area contributed by atoms with Crippen molar-refractivity contribution in [3.05, 3.63) is 70.8 Å². The number of piperidine rings is 1. The number of rotatable bonds is 6. The lowest BCUT2D eigenvalue weighted by Gasteiger charge is -2.37. The van der Waals surface area contributed by atoms with E-state index >= 15 is 0 Å². The molecule has 1 saturated heterocycles. The Morgan fingerprint density at radius 3 is 2.67 bits per heavy atom. The first kappa shape index (κ1) is 21.9. The van der Waals surface area contributed by atoms with Gasteiger partial charge in [0.25, 0.3) is 0 Å². The molecule has 2 aromatic carbocycles. The van der Waals surface area contributed by atoms with Crippen LogP contribution in [0.25, 0.3) is 0 Å². The first-order valence-electron chi connectivity index (χ1n) is 9.92. The molecule has 0 spiro atoms. The van der Waals surface area contributed by atoms with E-state index < -0.39 is 5.92 Å². The molecule has 160 valence electrons. The van der Waals surface area contributed by atoms with Gasteiger partial charge in [0.05, 0.1) is 5.92 Å². The van der Waals surface area contributed by atoms with Gasteiger partial charge in [0.15, 0.2) is 0 Å². The third kappa shape index (κ3) is 5.42. The predicted molar refractivity (Wildman–Crippen MR) is 109 cm³/mol. The number of carbonyl (C=O) groups is 2. The normalized spacial score (nSPS) is 18.9. The van der Waals surface area contributed by atoms with E-state index in [-0.39, 0.29) is 49.1 Å². The van der Waals surface area contributed by atoms with Crippen LogP contribution in [0.1, 0.15) is 29.0 Å². The molecular weight excluding hydrogens is 390 g/mol. The topological polar surface area (TPSA) is 58.6 Å². The van der Waals surface area contributed by atoms with Gasteiger partial charge in [-0.3, -0.25) is 9.59 Å². The van der Waals surface area contributed by atoms with Crippen molar-refractivity contribution < 1.29 is 23.1 Å². The minimum Gasteiger partial charge on any atom is -0.375 e. The van der Waals surface area contributed by atoms with Crippen molar-refractivity contribution in [2.45, 2.75) is 25.8 Å². The summed E-state index contributed by atoms with van der Waals surface area (Å²) in [6.07, 6.45) is 0.539. The smallest absolute Gasteiger partial charge is 0.248 e. The van der Waals surface area contributed by atoms with Crippen LogP contribution >= 0.6 is 0 Å². The number of hydrogen-bond donors (Lipinski definition) is 1. The van der Waals surface area contributed by atoms with Crippen LogP contribution in [0, 0.1) is 24.5 Å². The fraction of sp³-hybridized carbons (Fsp3) is 0.391. The maximum absolute atomic E-state index is 13.7. The Morgan fingerprint density at radius 2 is 1.97 bits per heavy atom. The van der Waals surface area contributed by atoms with E-state index in [0.29, 0.717) is 24.1 Å². The third-order valence-corrected chi connectivity index (χ3v) is 5.45. The molecule has 0 saturated carbocycles. The maximum Gasteiger partial charge on any atom is 0.248 e. The van der Waals surface area contributed by atoms with Gasteiger partial charge in [-0.25, -0.2) is 8.78 Å². The lowest BCUT2D eigenvalue weighted by molar-refractivity contribution is -0.139. The average Bonchev–Trinajstić information content (AvgIpc) is 2.74. The van der Waals surface area contributed by atoms with Gasteiger partial charge < -0.3 is 15.0 Å². The summed E-state index contributed by atoms with van der Waals surface area (Å²) in [7, 11) is 1.45. The lowest BCUT2D eigenvalue weighted by Crippen LogP contribution is -2.48. The van der Waals surface area contributed by atoms with Crippen molar-refractivity contribution in [2.75, 3.05) is 26.8 Å². The second-order valence-electron chi connectivity index (χ2n) is 7.72. The quantitative estimate of drug-likeness (QED) is 0.787. The third-order valence-electron chi connectivity index (χ3n) is 5.45. The van der Waals surface area contributed by atoms with Gasteiger partial charge in [0.2, 0.25) is 11.8 Å². The zero-order valence-corrected chi connectivity index (χ0v) is 17.2. The van der Waals surface area contributed by atoms with Crippen LogP contribution < -0.4 is 5.32 Å². The van der Waals surface area contributed by atoms with E-state index in [1.165, 1.54) is 25.3 Å². The highest BCUT2D eigenvalue weighted by Crippen LogP contribution is 2.31.